The monoisotopic (exact) mass is 337 g/mol. The topological polar surface area (TPSA) is 90.0 Å². The summed E-state index contributed by atoms with van der Waals surface area (Å²) in [5.41, 5.74) is 0.758. The Bertz CT molecular complexity index is 663. The van der Waals surface area contributed by atoms with E-state index in [1.54, 1.807) is 0 Å². The predicted octanol–water partition coefficient (Wildman–Crippen LogP) is 0.726. The first-order valence-electron chi connectivity index (χ1n) is 7.52. The molecule has 0 radical (unpaired) electrons. The summed E-state index contributed by atoms with van der Waals surface area (Å²) >= 11 is 0. The summed E-state index contributed by atoms with van der Waals surface area (Å²) in [5.74, 6) is -3.29. The molecule has 1 aromatic carbocycles. The van der Waals surface area contributed by atoms with Crippen molar-refractivity contribution in [2.75, 3.05) is 39.0 Å². The van der Waals surface area contributed by atoms with Crippen LogP contribution in [0.5, 0.6) is 0 Å². The second-order valence-electron chi connectivity index (χ2n) is 5.99. The lowest BCUT2D eigenvalue weighted by Gasteiger charge is -2.30. The molecule has 0 fully saturated rings. The first kappa shape index (κ1) is 17.9. The average Bonchev–Trinajstić information content (AvgIpc) is 2.48. The average molecular weight is 337 g/mol. The highest BCUT2D eigenvalue weighted by Gasteiger charge is 2.34. The quantitative estimate of drug-likeness (QED) is 0.799. The number of carbonyl (C=O) groups is 3. The molecule has 2 N–H and O–H groups in total. The zero-order valence-electron chi connectivity index (χ0n) is 13.6. The lowest BCUT2D eigenvalue weighted by atomic mass is 9.89. The molecular formula is C16H20FN3O4. The maximum absolute atomic E-state index is 13.4. The number of hydrogen-bond acceptors (Lipinski definition) is 4. The van der Waals surface area contributed by atoms with Gasteiger partial charge in [-0.1, -0.05) is 6.07 Å². The Kier molecular flexibility index (Phi) is 5.50. The Morgan fingerprint density at radius 2 is 2.04 bits per heavy atom. The van der Waals surface area contributed by atoms with E-state index < -0.39 is 36.1 Å². The van der Waals surface area contributed by atoms with E-state index in [2.05, 4.69) is 5.32 Å². The van der Waals surface area contributed by atoms with Crippen LogP contribution in [0.25, 0.3) is 0 Å². The highest BCUT2D eigenvalue weighted by atomic mass is 19.1. The summed E-state index contributed by atoms with van der Waals surface area (Å²) < 4.78 is 13.4. The number of fused-ring (bicyclic) bond motifs is 1. The molecule has 0 bridgehead atoms. The van der Waals surface area contributed by atoms with Gasteiger partial charge in [0.1, 0.15) is 12.4 Å². The van der Waals surface area contributed by atoms with Crippen molar-refractivity contribution in [3.63, 3.8) is 0 Å². The van der Waals surface area contributed by atoms with Gasteiger partial charge in [0.25, 0.3) is 0 Å². The number of carbonyl (C=O) groups excluding carboxylic acids is 2. The molecule has 0 saturated carbocycles. The summed E-state index contributed by atoms with van der Waals surface area (Å²) in [5, 5.41) is 11.6. The number of aliphatic carboxylic acids is 1. The van der Waals surface area contributed by atoms with E-state index in [0.717, 1.165) is 6.07 Å². The van der Waals surface area contributed by atoms with E-state index in [4.69, 9.17) is 5.11 Å². The summed E-state index contributed by atoms with van der Waals surface area (Å²) in [7, 11) is 3.63. The summed E-state index contributed by atoms with van der Waals surface area (Å²) in [4.78, 5) is 38.8. The SMILES string of the molecule is CN(C)CCN(CC(=O)O)C(=O)[C@@H]1CC(=O)Nc2cc(F)ccc21. The first-order chi connectivity index (χ1) is 11.3. The Morgan fingerprint density at radius 3 is 2.67 bits per heavy atom. The van der Waals surface area contributed by atoms with Crippen molar-refractivity contribution in [2.45, 2.75) is 12.3 Å². The summed E-state index contributed by atoms with van der Waals surface area (Å²) in [6.07, 6.45) is -0.0877. The zero-order chi connectivity index (χ0) is 17.9. The Morgan fingerprint density at radius 1 is 1.33 bits per heavy atom. The second-order valence-corrected chi connectivity index (χ2v) is 5.99. The van der Waals surface area contributed by atoms with Gasteiger partial charge in [-0.3, -0.25) is 14.4 Å². The van der Waals surface area contributed by atoms with Gasteiger partial charge in [-0.05, 0) is 31.8 Å². The van der Waals surface area contributed by atoms with Crippen LogP contribution in [0, 0.1) is 5.82 Å². The largest absolute Gasteiger partial charge is 0.480 e. The van der Waals surface area contributed by atoms with Crippen LogP contribution in [0.15, 0.2) is 18.2 Å². The number of nitrogens with one attached hydrogen (secondary N) is 1. The van der Waals surface area contributed by atoms with Gasteiger partial charge in [-0.25, -0.2) is 4.39 Å². The lowest BCUT2D eigenvalue weighted by Crippen LogP contribution is -2.44. The van der Waals surface area contributed by atoms with Crippen molar-refractivity contribution in [1.29, 1.82) is 0 Å². The number of halogens is 1. The third-order valence-electron chi connectivity index (χ3n) is 3.81. The van der Waals surface area contributed by atoms with Gasteiger partial charge in [-0.15, -0.1) is 0 Å². The van der Waals surface area contributed by atoms with Crippen LogP contribution in [0.4, 0.5) is 10.1 Å². The molecule has 2 amide bonds. The Balaban J connectivity index is 2.28. The van der Waals surface area contributed by atoms with Crippen molar-refractivity contribution in [2.24, 2.45) is 0 Å². The maximum Gasteiger partial charge on any atom is 0.323 e. The molecule has 7 nitrogen and oxygen atoms in total. The van der Waals surface area contributed by atoms with E-state index in [1.807, 2.05) is 19.0 Å². The minimum atomic E-state index is -1.12. The van der Waals surface area contributed by atoms with Gasteiger partial charge in [0.2, 0.25) is 11.8 Å². The fourth-order valence-electron chi connectivity index (χ4n) is 2.63. The van der Waals surface area contributed by atoms with Gasteiger partial charge in [-0.2, -0.15) is 0 Å². The van der Waals surface area contributed by atoms with Crippen molar-refractivity contribution in [1.82, 2.24) is 9.80 Å². The van der Waals surface area contributed by atoms with E-state index in [9.17, 15) is 18.8 Å². The molecule has 1 heterocycles. The molecule has 1 aliphatic rings. The number of carboxylic acids is 1. The third kappa shape index (κ3) is 4.29. The van der Waals surface area contributed by atoms with Crippen molar-refractivity contribution in [3.8, 4) is 0 Å². The standard InChI is InChI=1S/C16H20FN3O4/c1-19(2)5-6-20(9-15(22)23)16(24)12-8-14(21)18-13-7-10(17)3-4-11(12)13/h3-4,7,12H,5-6,8-9H2,1-2H3,(H,18,21)(H,22,23)/t12-/m1/s1. The van der Waals surface area contributed by atoms with Crippen LogP contribution < -0.4 is 5.32 Å². The number of rotatable bonds is 6. The number of anilines is 1. The van der Waals surface area contributed by atoms with Crippen molar-refractivity contribution >= 4 is 23.5 Å². The van der Waals surface area contributed by atoms with E-state index >= 15 is 0 Å². The van der Waals surface area contributed by atoms with Gasteiger partial charge < -0.3 is 20.2 Å². The highest BCUT2D eigenvalue weighted by Crippen LogP contribution is 2.34. The number of likely N-dealkylation sites (N-methyl/N-ethyl adjacent to an activating group) is 1. The molecule has 130 valence electrons. The van der Waals surface area contributed by atoms with Crippen LogP contribution in [-0.2, 0) is 14.4 Å². The molecule has 0 aliphatic carbocycles. The maximum atomic E-state index is 13.4. The predicted molar refractivity (Wildman–Crippen MR) is 85.2 cm³/mol. The molecule has 0 spiro atoms. The van der Waals surface area contributed by atoms with Gasteiger partial charge >= 0.3 is 5.97 Å². The lowest BCUT2D eigenvalue weighted by molar-refractivity contribution is -0.145. The minimum Gasteiger partial charge on any atom is -0.480 e. The molecule has 24 heavy (non-hydrogen) atoms. The molecule has 0 aromatic heterocycles. The molecule has 0 unspecified atom stereocenters. The molecule has 1 atom stereocenters. The Hall–Kier alpha value is -2.48. The third-order valence-corrected chi connectivity index (χ3v) is 3.81. The molecule has 8 heteroatoms. The van der Waals surface area contributed by atoms with Crippen LogP contribution in [-0.4, -0.2) is 66.4 Å². The van der Waals surface area contributed by atoms with E-state index in [0.29, 0.717) is 12.1 Å². The van der Waals surface area contributed by atoms with Crippen molar-refractivity contribution in [3.05, 3.63) is 29.6 Å². The minimum absolute atomic E-state index is 0.0877. The highest BCUT2D eigenvalue weighted by molar-refractivity contribution is 6.01. The van der Waals surface area contributed by atoms with Crippen LogP contribution >= 0.6 is 0 Å². The molecule has 0 saturated heterocycles. The van der Waals surface area contributed by atoms with Crippen LogP contribution in [0.2, 0.25) is 0 Å². The first-order valence-corrected chi connectivity index (χ1v) is 7.52. The number of carboxylic acid groups (broad SMARTS) is 1. The molecule has 2 rings (SSSR count). The summed E-state index contributed by atoms with van der Waals surface area (Å²) in [6.45, 7) is 0.280. The molecule has 1 aromatic rings. The second kappa shape index (κ2) is 7.39. The number of nitrogens with zero attached hydrogens (tertiary/aromatic N) is 2. The smallest absolute Gasteiger partial charge is 0.323 e. The Labute approximate surface area is 139 Å². The van der Waals surface area contributed by atoms with Gasteiger partial charge in [0.05, 0.1) is 5.92 Å². The van der Waals surface area contributed by atoms with E-state index in [1.165, 1.54) is 17.0 Å². The van der Waals surface area contributed by atoms with Gasteiger partial charge in [0.15, 0.2) is 0 Å². The van der Waals surface area contributed by atoms with Crippen LogP contribution in [0.1, 0.15) is 17.9 Å². The number of benzene rings is 1. The summed E-state index contributed by atoms with van der Waals surface area (Å²) in [6, 6.07) is 3.84. The molecular weight excluding hydrogens is 317 g/mol. The fraction of sp³-hybridized carbons (Fsp3) is 0.438. The zero-order valence-corrected chi connectivity index (χ0v) is 13.6. The number of hydrogen-bond donors (Lipinski definition) is 2. The van der Waals surface area contributed by atoms with E-state index in [-0.39, 0.29) is 18.7 Å². The number of amides is 2. The van der Waals surface area contributed by atoms with Crippen LogP contribution in [0.3, 0.4) is 0 Å². The van der Waals surface area contributed by atoms with Crippen molar-refractivity contribution < 1.29 is 23.9 Å². The molecule has 1 aliphatic heterocycles. The van der Waals surface area contributed by atoms with Gasteiger partial charge in [0, 0.05) is 25.2 Å². The fourth-order valence-corrected chi connectivity index (χ4v) is 2.63. The normalized spacial score (nSPS) is 16.5.